The van der Waals surface area contributed by atoms with Gasteiger partial charge in [0.15, 0.2) is 4.80 Å². The second-order valence-corrected chi connectivity index (χ2v) is 8.26. The fraction of sp³-hybridized carbons (Fsp3) is 0.211. The first kappa shape index (κ1) is 20.6. The molecule has 0 unspecified atom stereocenters. The third kappa shape index (κ3) is 4.66. The molecule has 150 valence electrons. The highest BCUT2D eigenvalue weighted by Gasteiger charge is 2.13. The number of thiophene rings is 1. The predicted molar refractivity (Wildman–Crippen MR) is 112 cm³/mol. The lowest BCUT2D eigenvalue weighted by molar-refractivity contribution is -0.380. The zero-order valence-electron chi connectivity index (χ0n) is 15.9. The maximum absolute atomic E-state index is 12.4. The summed E-state index contributed by atoms with van der Waals surface area (Å²) in [6, 6.07) is 6.91. The van der Waals surface area contributed by atoms with Crippen molar-refractivity contribution in [1.29, 1.82) is 0 Å². The van der Waals surface area contributed by atoms with E-state index in [1.54, 1.807) is 10.6 Å². The second-order valence-electron chi connectivity index (χ2n) is 6.19. The monoisotopic (exact) mass is 431 g/mol. The number of fused-ring (bicyclic) bond motifs is 1. The van der Waals surface area contributed by atoms with Gasteiger partial charge in [0.2, 0.25) is 0 Å². The molecule has 8 nitrogen and oxygen atoms in total. The summed E-state index contributed by atoms with van der Waals surface area (Å²) in [5.41, 5.74) is 2.87. The van der Waals surface area contributed by atoms with Crippen LogP contribution in [0.1, 0.15) is 16.0 Å². The zero-order valence-corrected chi connectivity index (χ0v) is 17.5. The molecule has 3 rings (SSSR count). The predicted octanol–water partition coefficient (Wildman–Crippen LogP) is 3.60. The Labute approximate surface area is 173 Å². The highest BCUT2D eigenvalue weighted by Crippen LogP contribution is 2.25. The first-order valence-electron chi connectivity index (χ1n) is 8.47. The van der Waals surface area contributed by atoms with Gasteiger partial charge >= 0.3 is 11.0 Å². The largest absolute Gasteiger partial charge is 0.468 e. The van der Waals surface area contributed by atoms with E-state index in [9.17, 15) is 19.7 Å². The minimum Gasteiger partial charge on any atom is -0.468 e. The van der Waals surface area contributed by atoms with Crippen LogP contribution in [0.5, 0.6) is 0 Å². The standard InChI is InChI=1S/C19H17N3O5S2/c1-11-8-12(2)18-14(9-11)21(10-17(24)27-3)19(29-18)20-15(23)6-4-13-5-7-16(28-13)22(25)26/h4-9H,10H2,1-3H3. The lowest BCUT2D eigenvalue weighted by atomic mass is 10.1. The molecule has 0 saturated carbocycles. The van der Waals surface area contributed by atoms with Crippen LogP contribution < -0.4 is 4.80 Å². The summed E-state index contributed by atoms with van der Waals surface area (Å²) in [5.74, 6) is -0.972. The molecule has 0 N–H and O–H groups in total. The Bertz CT molecular complexity index is 1220. The summed E-state index contributed by atoms with van der Waals surface area (Å²) < 4.78 is 7.36. The molecule has 1 amide bonds. The first-order valence-corrected chi connectivity index (χ1v) is 10.1. The van der Waals surface area contributed by atoms with Gasteiger partial charge < -0.3 is 9.30 Å². The molecule has 0 spiro atoms. The van der Waals surface area contributed by atoms with Gasteiger partial charge in [0.05, 0.1) is 22.2 Å². The number of hydrogen-bond donors (Lipinski definition) is 0. The number of rotatable bonds is 5. The van der Waals surface area contributed by atoms with E-state index >= 15 is 0 Å². The van der Waals surface area contributed by atoms with Crippen molar-refractivity contribution >= 4 is 55.8 Å². The van der Waals surface area contributed by atoms with E-state index in [0.717, 1.165) is 32.7 Å². The van der Waals surface area contributed by atoms with Crippen LogP contribution in [0.15, 0.2) is 35.3 Å². The smallest absolute Gasteiger partial charge is 0.325 e. The Kier molecular flexibility index (Phi) is 6.04. The van der Waals surface area contributed by atoms with Crippen molar-refractivity contribution in [3.05, 3.63) is 61.3 Å². The number of aryl methyl sites for hydroxylation is 2. The summed E-state index contributed by atoms with van der Waals surface area (Å²) in [7, 11) is 1.30. The van der Waals surface area contributed by atoms with Gasteiger partial charge in [0, 0.05) is 17.0 Å². The van der Waals surface area contributed by atoms with E-state index in [-0.39, 0.29) is 11.5 Å². The fourth-order valence-electron chi connectivity index (χ4n) is 2.76. The molecule has 0 bridgehead atoms. The van der Waals surface area contributed by atoms with E-state index < -0.39 is 16.8 Å². The van der Waals surface area contributed by atoms with Crippen molar-refractivity contribution in [3.8, 4) is 0 Å². The number of amides is 1. The lowest BCUT2D eigenvalue weighted by Gasteiger charge is -2.05. The maximum atomic E-state index is 12.4. The van der Waals surface area contributed by atoms with Crippen LogP contribution >= 0.6 is 22.7 Å². The number of nitrogens with zero attached hydrogens (tertiary/aromatic N) is 3. The van der Waals surface area contributed by atoms with E-state index in [1.165, 1.54) is 36.7 Å². The quantitative estimate of drug-likeness (QED) is 0.266. The van der Waals surface area contributed by atoms with E-state index in [4.69, 9.17) is 4.74 Å². The van der Waals surface area contributed by atoms with Crippen LogP contribution in [-0.4, -0.2) is 28.5 Å². The number of ether oxygens (including phenoxy) is 1. The van der Waals surface area contributed by atoms with Crippen LogP contribution in [0.25, 0.3) is 16.3 Å². The third-order valence-corrected chi connectivity index (χ3v) is 6.25. The van der Waals surface area contributed by atoms with Crippen LogP contribution in [0.4, 0.5) is 5.00 Å². The molecule has 29 heavy (non-hydrogen) atoms. The number of nitro groups is 1. The van der Waals surface area contributed by atoms with Gasteiger partial charge in [-0.15, -0.1) is 0 Å². The number of methoxy groups -OCH3 is 1. The molecule has 0 saturated heterocycles. The summed E-state index contributed by atoms with van der Waals surface area (Å²) in [6.45, 7) is 3.85. The molecule has 3 aromatic rings. The third-order valence-electron chi connectivity index (χ3n) is 4.02. The van der Waals surface area contributed by atoms with Crippen molar-refractivity contribution < 1.29 is 19.2 Å². The zero-order chi connectivity index (χ0) is 21.1. The molecule has 2 aromatic heterocycles. The SMILES string of the molecule is COC(=O)Cn1c(=NC(=O)C=Cc2ccc([N+](=O)[O-])s2)sc2c(C)cc(C)cc21. The van der Waals surface area contributed by atoms with Crippen molar-refractivity contribution in [1.82, 2.24) is 4.57 Å². The number of thiazole rings is 1. The number of aromatic nitrogens is 1. The number of carbonyl (C=O) groups excluding carboxylic acids is 2. The topological polar surface area (TPSA) is 104 Å². The van der Waals surface area contributed by atoms with Crippen molar-refractivity contribution in [2.75, 3.05) is 7.11 Å². The average Bonchev–Trinajstić information content (AvgIpc) is 3.26. The highest BCUT2D eigenvalue weighted by molar-refractivity contribution is 7.16. The molecular formula is C19H17N3O5S2. The Morgan fingerprint density at radius 1 is 1.28 bits per heavy atom. The summed E-state index contributed by atoms with van der Waals surface area (Å²) in [5, 5.41) is 10.7. The first-order chi connectivity index (χ1) is 13.8. The number of hydrogen-bond acceptors (Lipinski definition) is 7. The number of benzene rings is 1. The minimum absolute atomic E-state index is 0.000286. The number of carbonyl (C=O) groups is 2. The van der Waals surface area contributed by atoms with Crippen LogP contribution in [-0.2, 0) is 20.9 Å². The van der Waals surface area contributed by atoms with Gasteiger partial charge in [-0.05, 0) is 43.2 Å². The molecule has 0 aliphatic rings. The Balaban J connectivity index is 2.01. The minimum atomic E-state index is -0.527. The van der Waals surface area contributed by atoms with E-state index in [1.807, 2.05) is 26.0 Å². The molecular weight excluding hydrogens is 414 g/mol. The van der Waals surface area contributed by atoms with Crippen molar-refractivity contribution in [2.24, 2.45) is 4.99 Å². The van der Waals surface area contributed by atoms with E-state index in [2.05, 4.69) is 4.99 Å². The van der Waals surface area contributed by atoms with Crippen LogP contribution in [0, 0.1) is 24.0 Å². The molecule has 0 atom stereocenters. The Morgan fingerprint density at radius 2 is 2.03 bits per heavy atom. The highest BCUT2D eigenvalue weighted by atomic mass is 32.1. The van der Waals surface area contributed by atoms with Gasteiger partial charge in [-0.1, -0.05) is 28.7 Å². The maximum Gasteiger partial charge on any atom is 0.325 e. The molecule has 2 heterocycles. The molecule has 0 fully saturated rings. The van der Waals surface area contributed by atoms with E-state index in [0.29, 0.717) is 9.68 Å². The van der Waals surface area contributed by atoms with Gasteiger partial charge in [-0.25, -0.2) is 0 Å². The van der Waals surface area contributed by atoms with Crippen molar-refractivity contribution in [2.45, 2.75) is 20.4 Å². The molecule has 10 heteroatoms. The van der Waals surface area contributed by atoms with Crippen molar-refractivity contribution in [3.63, 3.8) is 0 Å². The molecule has 0 radical (unpaired) electrons. The Hall–Kier alpha value is -3.11. The average molecular weight is 431 g/mol. The van der Waals surface area contributed by atoms with Gasteiger partial charge in [0.25, 0.3) is 5.91 Å². The van der Waals surface area contributed by atoms with Crippen LogP contribution in [0.3, 0.4) is 0 Å². The second kappa shape index (κ2) is 8.50. The van der Waals surface area contributed by atoms with Gasteiger partial charge in [-0.3, -0.25) is 19.7 Å². The summed E-state index contributed by atoms with van der Waals surface area (Å²) >= 11 is 2.28. The Morgan fingerprint density at radius 3 is 2.69 bits per heavy atom. The number of esters is 1. The molecule has 0 aliphatic carbocycles. The van der Waals surface area contributed by atoms with Gasteiger partial charge in [0.1, 0.15) is 6.54 Å². The molecule has 0 aliphatic heterocycles. The fourth-order valence-corrected chi connectivity index (χ4v) is 4.57. The lowest BCUT2D eigenvalue weighted by Crippen LogP contribution is -2.22. The summed E-state index contributed by atoms with van der Waals surface area (Å²) in [6.07, 6.45) is 2.73. The van der Waals surface area contributed by atoms with Gasteiger partial charge in [-0.2, -0.15) is 4.99 Å². The molecule has 1 aromatic carbocycles. The normalized spacial score (nSPS) is 12.0. The summed E-state index contributed by atoms with van der Waals surface area (Å²) in [4.78, 5) is 39.6. The van der Waals surface area contributed by atoms with Crippen LogP contribution in [0.2, 0.25) is 0 Å².